The van der Waals surface area contributed by atoms with Crippen LogP contribution in [0, 0.1) is 5.82 Å². The van der Waals surface area contributed by atoms with E-state index in [1.165, 1.54) is 19.4 Å². The molecule has 2 aromatic rings. The summed E-state index contributed by atoms with van der Waals surface area (Å²) in [4.78, 5) is 12.0. The van der Waals surface area contributed by atoms with Crippen LogP contribution >= 0.6 is 15.9 Å². The van der Waals surface area contributed by atoms with Crippen LogP contribution < -0.4 is 10.2 Å². The van der Waals surface area contributed by atoms with E-state index in [2.05, 4.69) is 26.5 Å². The second-order valence-electron chi connectivity index (χ2n) is 4.07. The van der Waals surface area contributed by atoms with E-state index in [0.29, 0.717) is 16.9 Å². The Balaban J connectivity index is 2.12. The highest BCUT2D eigenvalue weighted by Gasteiger charge is 2.11. The van der Waals surface area contributed by atoms with E-state index in [-0.39, 0.29) is 0 Å². The highest BCUT2D eigenvalue weighted by molar-refractivity contribution is 9.10. The molecule has 0 radical (unpaired) electrons. The zero-order valence-electron chi connectivity index (χ0n) is 11.1. The van der Waals surface area contributed by atoms with Crippen LogP contribution in [0.25, 0.3) is 0 Å². The molecule has 2 aromatic carbocycles. The average molecular weight is 351 g/mol. The van der Waals surface area contributed by atoms with Crippen molar-refractivity contribution in [3.8, 4) is 5.75 Å². The van der Waals surface area contributed by atoms with Crippen LogP contribution in [0.2, 0.25) is 0 Å². The molecule has 0 bridgehead atoms. The fourth-order valence-electron chi connectivity index (χ4n) is 1.66. The maximum Gasteiger partial charge on any atom is 0.275 e. The predicted molar refractivity (Wildman–Crippen MR) is 82.2 cm³/mol. The normalized spacial score (nSPS) is 10.6. The van der Waals surface area contributed by atoms with Crippen LogP contribution in [-0.2, 0) is 0 Å². The van der Waals surface area contributed by atoms with Gasteiger partial charge in [0.25, 0.3) is 5.91 Å². The van der Waals surface area contributed by atoms with Crippen molar-refractivity contribution >= 4 is 28.1 Å². The van der Waals surface area contributed by atoms with E-state index in [1.54, 1.807) is 36.4 Å². The minimum absolute atomic E-state index is 0.291. The Kier molecular flexibility index (Phi) is 5.05. The quantitative estimate of drug-likeness (QED) is 0.678. The minimum Gasteiger partial charge on any atom is -0.496 e. The number of carbonyl (C=O) groups excluding carboxylic acids is 1. The Labute approximate surface area is 129 Å². The standard InChI is InChI=1S/C15H12BrFN2O2/c1-21-14-7-6-11(16)8-12(14)15(20)19-18-9-10-4-2-3-5-13(10)17/h2-9H,1H3,(H,19,20). The summed E-state index contributed by atoms with van der Waals surface area (Å²) in [6.45, 7) is 0. The second-order valence-corrected chi connectivity index (χ2v) is 4.98. The van der Waals surface area contributed by atoms with Gasteiger partial charge in [0.05, 0.1) is 18.9 Å². The molecule has 0 aliphatic rings. The zero-order valence-corrected chi connectivity index (χ0v) is 12.7. The van der Waals surface area contributed by atoms with Gasteiger partial charge in [-0.15, -0.1) is 0 Å². The number of nitrogens with one attached hydrogen (secondary N) is 1. The number of amides is 1. The number of hydrogen-bond acceptors (Lipinski definition) is 3. The van der Waals surface area contributed by atoms with Crippen molar-refractivity contribution < 1.29 is 13.9 Å². The summed E-state index contributed by atoms with van der Waals surface area (Å²) in [7, 11) is 1.47. The number of hydrazone groups is 1. The van der Waals surface area contributed by atoms with Gasteiger partial charge in [-0.25, -0.2) is 9.82 Å². The summed E-state index contributed by atoms with van der Waals surface area (Å²) in [6, 6.07) is 11.2. The summed E-state index contributed by atoms with van der Waals surface area (Å²) in [5.74, 6) is -0.423. The molecule has 21 heavy (non-hydrogen) atoms. The zero-order chi connectivity index (χ0) is 15.2. The van der Waals surface area contributed by atoms with Crippen molar-refractivity contribution in [2.75, 3.05) is 7.11 Å². The van der Waals surface area contributed by atoms with Crippen molar-refractivity contribution in [1.29, 1.82) is 0 Å². The molecule has 6 heteroatoms. The van der Waals surface area contributed by atoms with Gasteiger partial charge in [-0.05, 0) is 24.3 Å². The molecule has 0 aliphatic heterocycles. The van der Waals surface area contributed by atoms with Gasteiger partial charge in [0.1, 0.15) is 11.6 Å². The molecule has 0 aliphatic carbocycles. The van der Waals surface area contributed by atoms with E-state index in [0.717, 1.165) is 4.47 Å². The van der Waals surface area contributed by atoms with Crippen LogP contribution in [0.4, 0.5) is 4.39 Å². The maximum atomic E-state index is 13.4. The average Bonchev–Trinajstić information content (AvgIpc) is 2.49. The summed E-state index contributed by atoms with van der Waals surface area (Å²) in [5, 5.41) is 3.75. The number of nitrogens with zero attached hydrogens (tertiary/aromatic N) is 1. The lowest BCUT2D eigenvalue weighted by Gasteiger charge is -2.07. The fourth-order valence-corrected chi connectivity index (χ4v) is 2.02. The number of benzene rings is 2. The van der Waals surface area contributed by atoms with Crippen molar-refractivity contribution in [3.05, 3.63) is 63.9 Å². The first-order valence-electron chi connectivity index (χ1n) is 6.03. The van der Waals surface area contributed by atoms with E-state index < -0.39 is 11.7 Å². The van der Waals surface area contributed by atoms with Gasteiger partial charge in [0.2, 0.25) is 0 Å². The van der Waals surface area contributed by atoms with E-state index in [4.69, 9.17) is 4.74 Å². The Morgan fingerprint density at radius 1 is 1.33 bits per heavy atom. The lowest BCUT2D eigenvalue weighted by molar-refractivity contribution is 0.0952. The third-order valence-corrected chi connectivity index (χ3v) is 3.17. The second kappa shape index (κ2) is 6.99. The van der Waals surface area contributed by atoms with Crippen molar-refractivity contribution in [2.45, 2.75) is 0 Å². The predicted octanol–water partition coefficient (Wildman–Crippen LogP) is 3.36. The van der Waals surface area contributed by atoms with Gasteiger partial charge in [-0.1, -0.05) is 34.1 Å². The van der Waals surface area contributed by atoms with E-state index in [1.807, 2.05) is 0 Å². The molecular formula is C15H12BrFN2O2. The summed E-state index contributed by atoms with van der Waals surface area (Å²) >= 11 is 3.28. The molecule has 0 saturated carbocycles. The number of hydrogen-bond donors (Lipinski definition) is 1. The Hall–Kier alpha value is -2.21. The fraction of sp³-hybridized carbons (Fsp3) is 0.0667. The van der Waals surface area contributed by atoms with Gasteiger partial charge >= 0.3 is 0 Å². The molecule has 0 saturated heterocycles. The number of ether oxygens (including phenoxy) is 1. The van der Waals surface area contributed by atoms with Gasteiger partial charge in [-0.3, -0.25) is 4.79 Å². The molecule has 0 unspecified atom stereocenters. The highest BCUT2D eigenvalue weighted by atomic mass is 79.9. The highest BCUT2D eigenvalue weighted by Crippen LogP contribution is 2.22. The molecule has 0 atom stereocenters. The van der Waals surface area contributed by atoms with Crippen LogP contribution in [0.15, 0.2) is 52.0 Å². The number of carbonyl (C=O) groups is 1. The van der Waals surface area contributed by atoms with Crippen LogP contribution in [0.1, 0.15) is 15.9 Å². The van der Waals surface area contributed by atoms with E-state index in [9.17, 15) is 9.18 Å². The molecule has 108 valence electrons. The first-order valence-corrected chi connectivity index (χ1v) is 6.82. The maximum absolute atomic E-state index is 13.4. The lowest BCUT2D eigenvalue weighted by Crippen LogP contribution is -2.18. The number of halogens is 2. The monoisotopic (exact) mass is 350 g/mol. The molecule has 1 amide bonds. The van der Waals surface area contributed by atoms with Gasteiger partial charge in [0.15, 0.2) is 0 Å². The third-order valence-electron chi connectivity index (χ3n) is 2.68. The largest absolute Gasteiger partial charge is 0.496 e. The van der Waals surface area contributed by atoms with Crippen molar-refractivity contribution in [1.82, 2.24) is 5.43 Å². The van der Waals surface area contributed by atoms with Crippen LogP contribution in [0.5, 0.6) is 5.75 Å². The molecule has 1 N–H and O–H groups in total. The SMILES string of the molecule is COc1ccc(Br)cc1C(=O)NN=Cc1ccccc1F. The molecule has 0 fully saturated rings. The molecule has 4 nitrogen and oxygen atoms in total. The topological polar surface area (TPSA) is 50.7 Å². The van der Waals surface area contributed by atoms with E-state index >= 15 is 0 Å². The van der Waals surface area contributed by atoms with Crippen LogP contribution in [-0.4, -0.2) is 19.2 Å². The summed E-state index contributed by atoms with van der Waals surface area (Å²) in [5.41, 5.74) is 2.96. The lowest BCUT2D eigenvalue weighted by atomic mass is 10.2. The summed E-state index contributed by atoms with van der Waals surface area (Å²) < 4.78 is 19.2. The number of rotatable bonds is 4. The first kappa shape index (κ1) is 15.2. The van der Waals surface area contributed by atoms with Gasteiger partial charge in [-0.2, -0.15) is 5.10 Å². The summed E-state index contributed by atoms with van der Waals surface area (Å²) in [6.07, 6.45) is 1.25. The molecule has 0 heterocycles. The Morgan fingerprint density at radius 3 is 2.81 bits per heavy atom. The smallest absolute Gasteiger partial charge is 0.275 e. The van der Waals surface area contributed by atoms with Crippen molar-refractivity contribution in [3.63, 3.8) is 0 Å². The molecule has 2 rings (SSSR count). The molecular weight excluding hydrogens is 339 g/mol. The first-order chi connectivity index (χ1) is 10.1. The minimum atomic E-state index is -0.444. The van der Waals surface area contributed by atoms with Gasteiger partial charge < -0.3 is 4.74 Å². The Bertz CT molecular complexity index is 689. The molecule has 0 aromatic heterocycles. The van der Waals surface area contributed by atoms with Crippen LogP contribution in [0.3, 0.4) is 0 Å². The Morgan fingerprint density at radius 2 is 2.10 bits per heavy atom. The van der Waals surface area contributed by atoms with Gasteiger partial charge in [0, 0.05) is 10.0 Å². The number of methoxy groups -OCH3 is 1. The van der Waals surface area contributed by atoms with Crippen molar-refractivity contribution in [2.24, 2.45) is 5.10 Å². The third kappa shape index (κ3) is 3.88. The molecule has 0 spiro atoms.